The monoisotopic (exact) mass is 277 g/mol. The number of hydrogen-bond acceptors (Lipinski definition) is 3. The van der Waals surface area contributed by atoms with Gasteiger partial charge in [0.15, 0.2) is 0 Å². The predicted octanol–water partition coefficient (Wildman–Crippen LogP) is 2.44. The summed E-state index contributed by atoms with van der Waals surface area (Å²) >= 11 is 0. The zero-order valence-corrected chi connectivity index (χ0v) is 11.5. The van der Waals surface area contributed by atoms with Crippen LogP contribution in [0.4, 0.5) is 0 Å². The highest BCUT2D eigenvalue weighted by Gasteiger charge is 2.42. The summed E-state index contributed by atoms with van der Waals surface area (Å²) in [6, 6.07) is 3.44. The normalized spacial score (nSPS) is 26.6. The first-order chi connectivity index (χ1) is 9.52. The maximum Gasteiger partial charge on any atom is 0.329 e. The Kier molecular flexibility index (Phi) is 4.27. The summed E-state index contributed by atoms with van der Waals surface area (Å²) in [6.07, 6.45) is 7.12. The second kappa shape index (κ2) is 5.94. The number of nitrogens with one attached hydrogen (secondary N) is 1. The first-order valence-corrected chi connectivity index (χ1v) is 6.79. The van der Waals surface area contributed by atoms with Gasteiger partial charge in [-0.3, -0.25) is 4.79 Å². The Balaban J connectivity index is 2.04. The van der Waals surface area contributed by atoms with Crippen molar-refractivity contribution in [3.8, 4) is 0 Å². The summed E-state index contributed by atoms with van der Waals surface area (Å²) in [7, 11) is 0. The van der Waals surface area contributed by atoms with Gasteiger partial charge in [0, 0.05) is 6.08 Å². The smallest absolute Gasteiger partial charge is 0.329 e. The lowest BCUT2D eigenvalue weighted by molar-refractivity contribution is -0.149. The van der Waals surface area contributed by atoms with Gasteiger partial charge in [-0.25, -0.2) is 4.79 Å². The van der Waals surface area contributed by atoms with Gasteiger partial charge in [-0.2, -0.15) is 0 Å². The number of rotatable bonds is 4. The fourth-order valence-electron chi connectivity index (χ4n) is 2.73. The lowest BCUT2D eigenvalue weighted by atomic mass is 9.76. The molecule has 5 heteroatoms. The predicted molar refractivity (Wildman–Crippen MR) is 73.9 cm³/mol. The van der Waals surface area contributed by atoms with E-state index in [9.17, 15) is 14.7 Å². The molecule has 1 aliphatic rings. The fraction of sp³-hybridized carbons (Fsp3) is 0.467. The van der Waals surface area contributed by atoms with Gasteiger partial charge in [-0.15, -0.1) is 0 Å². The summed E-state index contributed by atoms with van der Waals surface area (Å²) in [5.41, 5.74) is -1.14. The lowest BCUT2D eigenvalue weighted by Crippen LogP contribution is -2.56. The van der Waals surface area contributed by atoms with Crippen molar-refractivity contribution in [3.05, 3.63) is 30.2 Å². The average molecular weight is 277 g/mol. The summed E-state index contributed by atoms with van der Waals surface area (Å²) < 4.78 is 5.08. The van der Waals surface area contributed by atoms with E-state index in [0.29, 0.717) is 24.5 Å². The Hall–Kier alpha value is -2.04. The average Bonchev–Trinajstić information content (AvgIpc) is 2.89. The van der Waals surface area contributed by atoms with E-state index in [1.165, 1.54) is 18.4 Å². The molecule has 0 aromatic carbocycles. The van der Waals surface area contributed by atoms with Crippen molar-refractivity contribution in [2.45, 2.75) is 38.1 Å². The zero-order chi connectivity index (χ0) is 14.6. The Labute approximate surface area is 117 Å². The first-order valence-electron chi connectivity index (χ1n) is 6.79. The van der Waals surface area contributed by atoms with Crippen LogP contribution in [0.15, 0.2) is 28.9 Å². The molecule has 0 spiro atoms. The largest absolute Gasteiger partial charge is 0.480 e. The van der Waals surface area contributed by atoms with Gasteiger partial charge >= 0.3 is 5.97 Å². The number of carbonyl (C=O) groups is 2. The van der Waals surface area contributed by atoms with E-state index in [2.05, 4.69) is 5.32 Å². The highest BCUT2D eigenvalue weighted by atomic mass is 16.4. The van der Waals surface area contributed by atoms with Crippen LogP contribution in [0.3, 0.4) is 0 Å². The minimum absolute atomic E-state index is 0.300. The van der Waals surface area contributed by atoms with Gasteiger partial charge in [-0.05, 0) is 37.0 Å². The molecule has 0 aliphatic heterocycles. The third kappa shape index (κ3) is 3.29. The van der Waals surface area contributed by atoms with Gasteiger partial charge in [0.2, 0.25) is 5.91 Å². The van der Waals surface area contributed by atoms with Gasteiger partial charge in [0.25, 0.3) is 0 Å². The van der Waals surface area contributed by atoms with Crippen LogP contribution < -0.4 is 5.32 Å². The van der Waals surface area contributed by atoms with Gasteiger partial charge in [0.05, 0.1) is 6.26 Å². The molecular weight excluding hydrogens is 258 g/mol. The molecule has 1 fully saturated rings. The van der Waals surface area contributed by atoms with E-state index in [1.807, 2.05) is 6.92 Å². The Morgan fingerprint density at radius 3 is 2.95 bits per heavy atom. The second-order valence-corrected chi connectivity index (χ2v) is 5.43. The number of amides is 1. The van der Waals surface area contributed by atoms with Crippen LogP contribution >= 0.6 is 0 Å². The van der Waals surface area contributed by atoms with E-state index in [-0.39, 0.29) is 0 Å². The molecule has 2 atom stereocenters. The third-order valence-electron chi connectivity index (χ3n) is 3.71. The third-order valence-corrected chi connectivity index (χ3v) is 3.71. The first kappa shape index (κ1) is 14.4. The van der Waals surface area contributed by atoms with Gasteiger partial charge < -0.3 is 14.8 Å². The fourth-order valence-corrected chi connectivity index (χ4v) is 2.73. The molecule has 20 heavy (non-hydrogen) atoms. The van der Waals surface area contributed by atoms with Crippen molar-refractivity contribution in [2.24, 2.45) is 5.92 Å². The molecule has 1 amide bonds. The van der Waals surface area contributed by atoms with Crippen molar-refractivity contribution in [2.75, 3.05) is 0 Å². The molecule has 1 aromatic heterocycles. The number of carboxylic acid groups (broad SMARTS) is 1. The molecule has 0 saturated heterocycles. The van der Waals surface area contributed by atoms with Crippen LogP contribution in [0.25, 0.3) is 6.08 Å². The summed E-state index contributed by atoms with van der Waals surface area (Å²) in [5, 5.41) is 12.1. The molecule has 2 N–H and O–H groups in total. The van der Waals surface area contributed by atoms with Crippen molar-refractivity contribution in [1.29, 1.82) is 0 Å². The van der Waals surface area contributed by atoms with Crippen molar-refractivity contribution < 1.29 is 19.1 Å². The van der Waals surface area contributed by atoms with Crippen molar-refractivity contribution in [3.63, 3.8) is 0 Å². The number of hydrogen-bond donors (Lipinski definition) is 2. The molecule has 1 aliphatic carbocycles. The molecule has 0 bridgehead atoms. The molecule has 1 aromatic rings. The van der Waals surface area contributed by atoms with Crippen molar-refractivity contribution >= 4 is 18.0 Å². The summed E-state index contributed by atoms with van der Waals surface area (Å²) in [4.78, 5) is 23.5. The van der Waals surface area contributed by atoms with E-state index in [1.54, 1.807) is 12.1 Å². The summed E-state index contributed by atoms with van der Waals surface area (Å²) in [5.74, 6) is -0.502. The molecule has 1 saturated carbocycles. The number of carbonyl (C=O) groups excluding carboxylic acids is 1. The topological polar surface area (TPSA) is 79.5 Å². The number of carboxylic acids is 1. The maximum absolute atomic E-state index is 11.9. The van der Waals surface area contributed by atoms with Crippen LogP contribution in [0.1, 0.15) is 38.4 Å². The minimum Gasteiger partial charge on any atom is -0.480 e. The number of furan rings is 1. The molecule has 108 valence electrons. The van der Waals surface area contributed by atoms with Gasteiger partial charge in [0.1, 0.15) is 11.3 Å². The molecular formula is C15H19NO4. The van der Waals surface area contributed by atoms with E-state index in [0.717, 1.165) is 12.8 Å². The van der Waals surface area contributed by atoms with Crippen LogP contribution in [0.5, 0.6) is 0 Å². The molecule has 1 heterocycles. The van der Waals surface area contributed by atoms with Crippen LogP contribution in [0.2, 0.25) is 0 Å². The second-order valence-electron chi connectivity index (χ2n) is 5.43. The standard InChI is InChI=1S/C15H19NO4/c1-11-4-2-8-15(10-11,14(18)19)16-13(17)7-6-12-5-3-9-20-12/h3,5-7,9,11H,2,4,8,10H2,1H3,(H,16,17)(H,18,19)/b7-6+. The molecule has 2 unspecified atom stereocenters. The van der Waals surface area contributed by atoms with Gasteiger partial charge in [-0.1, -0.05) is 19.8 Å². The summed E-state index contributed by atoms with van der Waals surface area (Å²) in [6.45, 7) is 2.02. The highest BCUT2D eigenvalue weighted by molar-refractivity contribution is 5.95. The van der Waals surface area contributed by atoms with Crippen LogP contribution in [-0.2, 0) is 9.59 Å². The molecule has 0 radical (unpaired) electrons. The Morgan fingerprint density at radius 1 is 1.55 bits per heavy atom. The Morgan fingerprint density at radius 2 is 2.35 bits per heavy atom. The van der Waals surface area contributed by atoms with Crippen molar-refractivity contribution in [1.82, 2.24) is 5.32 Å². The van der Waals surface area contributed by atoms with Crippen LogP contribution in [-0.4, -0.2) is 22.5 Å². The molecule has 5 nitrogen and oxygen atoms in total. The number of aliphatic carboxylic acids is 1. The quantitative estimate of drug-likeness (QED) is 0.828. The zero-order valence-electron chi connectivity index (χ0n) is 11.5. The maximum atomic E-state index is 11.9. The SMILES string of the molecule is CC1CCCC(NC(=O)/C=C/c2ccco2)(C(=O)O)C1. The van der Waals surface area contributed by atoms with E-state index in [4.69, 9.17) is 4.42 Å². The highest BCUT2D eigenvalue weighted by Crippen LogP contribution is 2.32. The Bertz CT molecular complexity index is 506. The van der Waals surface area contributed by atoms with E-state index < -0.39 is 17.4 Å². The minimum atomic E-state index is -1.14. The lowest BCUT2D eigenvalue weighted by Gasteiger charge is -2.36. The van der Waals surface area contributed by atoms with E-state index >= 15 is 0 Å². The van der Waals surface area contributed by atoms with Crippen LogP contribution in [0, 0.1) is 5.92 Å². The molecule has 2 rings (SSSR count).